The number of anilines is 1. The topological polar surface area (TPSA) is 84.7 Å². The Morgan fingerprint density at radius 1 is 1.25 bits per heavy atom. The van der Waals surface area contributed by atoms with Crippen molar-refractivity contribution in [2.24, 2.45) is 11.7 Å². The molecule has 3 N–H and O–H groups in total. The molecule has 0 radical (unpaired) electrons. The van der Waals surface area contributed by atoms with Crippen molar-refractivity contribution in [3.63, 3.8) is 0 Å². The second-order valence-corrected chi connectivity index (χ2v) is 6.54. The van der Waals surface area contributed by atoms with Crippen molar-refractivity contribution in [2.45, 2.75) is 31.8 Å². The van der Waals surface area contributed by atoms with Crippen molar-refractivity contribution in [1.29, 1.82) is 0 Å². The van der Waals surface area contributed by atoms with Gasteiger partial charge in [0.15, 0.2) is 0 Å². The standard InChI is InChI=1S/C18H25N3O3/c19-12-13-6-8-21(9-7-13)18(23)14-3-1-4-15(11-14)20-17(22)16-5-2-10-24-16/h1,3-4,11,13,16H,2,5-10,12,19H2,(H,20,22). The van der Waals surface area contributed by atoms with E-state index in [-0.39, 0.29) is 17.9 Å². The van der Waals surface area contributed by atoms with Crippen molar-refractivity contribution in [2.75, 3.05) is 31.6 Å². The third-order valence-corrected chi connectivity index (χ3v) is 4.83. The lowest BCUT2D eigenvalue weighted by molar-refractivity contribution is -0.124. The molecule has 0 bridgehead atoms. The Kier molecular flexibility index (Phi) is 5.48. The van der Waals surface area contributed by atoms with Gasteiger partial charge in [-0.1, -0.05) is 6.07 Å². The normalized spacial score (nSPS) is 21.7. The van der Waals surface area contributed by atoms with E-state index in [0.717, 1.165) is 38.8 Å². The number of carbonyl (C=O) groups is 2. The molecule has 0 aromatic heterocycles. The summed E-state index contributed by atoms with van der Waals surface area (Å²) in [5.74, 6) is 0.394. The predicted molar refractivity (Wildman–Crippen MR) is 91.7 cm³/mol. The number of carbonyl (C=O) groups excluding carboxylic acids is 2. The van der Waals surface area contributed by atoms with E-state index >= 15 is 0 Å². The summed E-state index contributed by atoms with van der Waals surface area (Å²) >= 11 is 0. The van der Waals surface area contributed by atoms with Crippen LogP contribution in [0.3, 0.4) is 0 Å². The van der Waals surface area contributed by atoms with Crippen LogP contribution in [0, 0.1) is 5.92 Å². The number of benzene rings is 1. The van der Waals surface area contributed by atoms with Gasteiger partial charge in [-0.3, -0.25) is 9.59 Å². The van der Waals surface area contributed by atoms with Crippen LogP contribution in [0.1, 0.15) is 36.0 Å². The van der Waals surface area contributed by atoms with Crippen LogP contribution < -0.4 is 11.1 Å². The van der Waals surface area contributed by atoms with Gasteiger partial charge < -0.3 is 20.7 Å². The van der Waals surface area contributed by atoms with Crippen molar-refractivity contribution in [3.8, 4) is 0 Å². The predicted octanol–water partition coefficient (Wildman–Crippen LogP) is 1.61. The number of amides is 2. The number of hydrogen-bond acceptors (Lipinski definition) is 4. The zero-order chi connectivity index (χ0) is 16.9. The van der Waals surface area contributed by atoms with Gasteiger partial charge in [-0.25, -0.2) is 0 Å². The van der Waals surface area contributed by atoms with E-state index in [0.29, 0.717) is 30.3 Å². The Balaban J connectivity index is 1.62. The highest BCUT2D eigenvalue weighted by Gasteiger charge is 2.25. The molecule has 24 heavy (non-hydrogen) atoms. The number of ether oxygens (including phenoxy) is 1. The fourth-order valence-electron chi connectivity index (χ4n) is 3.29. The third kappa shape index (κ3) is 3.94. The quantitative estimate of drug-likeness (QED) is 0.878. The number of likely N-dealkylation sites (tertiary alicyclic amines) is 1. The molecule has 2 saturated heterocycles. The molecule has 1 unspecified atom stereocenters. The first-order valence-corrected chi connectivity index (χ1v) is 8.69. The molecule has 130 valence electrons. The van der Waals surface area contributed by atoms with E-state index < -0.39 is 0 Å². The molecule has 2 aliphatic heterocycles. The largest absolute Gasteiger partial charge is 0.368 e. The van der Waals surface area contributed by atoms with Crippen molar-refractivity contribution >= 4 is 17.5 Å². The average Bonchev–Trinajstić information content (AvgIpc) is 3.16. The number of hydrogen-bond donors (Lipinski definition) is 2. The van der Waals surface area contributed by atoms with Gasteiger partial charge >= 0.3 is 0 Å². The van der Waals surface area contributed by atoms with Crippen LogP contribution in [-0.2, 0) is 9.53 Å². The van der Waals surface area contributed by atoms with Crippen LogP contribution in [0.4, 0.5) is 5.69 Å². The van der Waals surface area contributed by atoms with Gasteiger partial charge in [-0.15, -0.1) is 0 Å². The molecular formula is C18H25N3O3. The zero-order valence-corrected chi connectivity index (χ0v) is 13.9. The van der Waals surface area contributed by atoms with Crippen LogP contribution in [0.2, 0.25) is 0 Å². The lowest BCUT2D eigenvalue weighted by Gasteiger charge is -2.31. The average molecular weight is 331 g/mol. The molecule has 0 saturated carbocycles. The fraction of sp³-hybridized carbons (Fsp3) is 0.556. The number of rotatable bonds is 4. The third-order valence-electron chi connectivity index (χ3n) is 4.83. The fourth-order valence-corrected chi connectivity index (χ4v) is 3.29. The number of nitrogens with two attached hydrogens (primary N) is 1. The van der Waals surface area contributed by atoms with E-state index in [1.165, 1.54) is 0 Å². The Hall–Kier alpha value is -1.92. The highest BCUT2D eigenvalue weighted by molar-refractivity contribution is 5.98. The van der Waals surface area contributed by atoms with Crippen LogP contribution in [0.15, 0.2) is 24.3 Å². The summed E-state index contributed by atoms with van der Waals surface area (Å²) in [7, 11) is 0. The molecule has 3 rings (SSSR count). The smallest absolute Gasteiger partial charge is 0.253 e. The van der Waals surface area contributed by atoms with Crippen LogP contribution >= 0.6 is 0 Å². The molecule has 0 spiro atoms. The summed E-state index contributed by atoms with van der Waals surface area (Å²) in [4.78, 5) is 26.6. The summed E-state index contributed by atoms with van der Waals surface area (Å²) in [5, 5.41) is 2.85. The first kappa shape index (κ1) is 16.9. The maximum absolute atomic E-state index is 12.6. The molecule has 2 heterocycles. The molecule has 1 aromatic rings. The summed E-state index contributed by atoms with van der Waals surface area (Å²) in [6, 6.07) is 7.12. The molecule has 2 fully saturated rings. The maximum atomic E-state index is 12.6. The van der Waals surface area contributed by atoms with E-state index in [2.05, 4.69) is 5.32 Å². The number of piperidine rings is 1. The second-order valence-electron chi connectivity index (χ2n) is 6.54. The molecule has 6 nitrogen and oxygen atoms in total. The highest BCUT2D eigenvalue weighted by Crippen LogP contribution is 2.20. The Morgan fingerprint density at radius 2 is 2.04 bits per heavy atom. The number of nitrogens with zero attached hydrogens (tertiary/aromatic N) is 1. The van der Waals surface area contributed by atoms with Gasteiger partial charge in [-0.05, 0) is 56.3 Å². The van der Waals surface area contributed by atoms with Gasteiger partial charge in [0.25, 0.3) is 11.8 Å². The van der Waals surface area contributed by atoms with Crippen LogP contribution in [0.25, 0.3) is 0 Å². The minimum Gasteiger partial charge on any atom is -0.368 e. The van der Waals surface area contributed by atoms with Gasteiger partial charge in [0.2, 0.25) is 0 Å². The van der Waals surface area contributed by atoms with Crippen molar-refractivity contribution in [3.05, 3.63) is 29.8 Å². The lowest BCUT2D eigenvalue weighted by Crippen LogP contribution is -2.40. The van der Waals surface area contributed by atoms with Gasteiger partial charge in [0.1, 0.15) is 6.10 Å². The van der Waals surface area contributed by atoms with E-state index in [9.17, 15) is 9.59 Å². The molecular weight excluding hydrogens is 306 g/mol. The summed E-state index contributed by atoms with van der Waals surface area (Å²) in [5.41, 5.74) is 6.94. The summed E-state index contributed by atoms with van der Waals surface area (Å²) < 4.78 is 5.38. The molecule has 2 amide bonds. The molecule has 6 heteroatoms. The SMILES string of the molecule is NCC1CCN(C(=O)c2cccc(NC(=O)C3CCCO3)c2)CC1. The van der Waals surface area contributed by atoms with Crippen molar-refractivity contribution in [1.82, 2.24) is 4.90 Å². The number of nitrogens with one attached hydrogen (secondary N) is 1. The van der Waals surface area contributed by atoms with Crippen molar-refractivity contribution < 1.29 is 14.3 Å². The molecule has 1 atom stereocenters. The second kappa shape index (κ2) is 7.77. The molecule has 1 aromatic carbocycles. The monoisotopic (exact) mass is 331 g/mol. The summed E-state index contributed by atoms with van der Waals surface area (Å²) in [6.45, 7) is 2.81. The zero-order valence-electron chi connectivity index (χ0n) is 13.9. The Morgan fingerprint density at radius 3 is 2.71 bits per heavy atom. The Labute approximate surface area is 142 Å². The maximum Gasteiger partial charge on any atom is 0.253 e. The lowest BCUT2D eigenvalue weighted by atomic mass is 9.96. The van der Waals surface area contributed by atoms with E-state index in [4.69, 9.17) is 10.5 Å². The first-order chi connectivity index (χ1) is 11.7. The van der Waals surface area contributed by atoms with Crippen LogP contribution in [0.5, 0.6) is 0 Å². The first-order valence-electron chi connectivity index (χ1n) is 8.69. The minimum absolute atomic E-state index is 0.0127. The van der Waals surface area contributed by atoms with Gasteiger partial charge in [-0.2, -0.15) is 0 Å². The summed E-state index contributed by atoms with van der Waals surface area (Å²) in [6.07, 6.45) is 3.20. The minimum atomic E-state index is -0.375. The van der Waals surface area contributed by atoms with Gasteiger partial charge in [0.05, 0.1) is 0 Å². The van der Waals surface area contributed by atoms with E-state index in [1.54, 1.807) is 24.3 Å². The van der Waals surface area contributed by atoms with Crippen LogP contribution in [-0.4, -0.2) is 49.1 Å². The Bertz CT molecular complexity index is 591. The molecule has 2 aliphatic rings. The van der Waals surface area contributed by atoms with E-state index in [1.807, 2.05) is 4.90 Å². The van der Waals surface area contributed by atoms with Gasteiger partial charge in [0, 0.05) is 30.9 Å². The highest BCUT2D eigenvalue weighted by atomic mass is 16.5. The molecule has 0 aliphatic carbocycles.